The van der Waals surface area contributed by atoms with E-state index in [-0.39, 0.29) is 5.78 Å². The van der Waals surface area contributed by atoms with Crippen LogP contribution in [0, 0.1) is 5.82 Å². The van der Waals surface area contributed by atoms with Crippen molar-refractivity contribution in [1.82, 2.24) is 0 Å². The standard InChI is InChI=1S/C15H10BrFO3/c16-11-3-1-9(7-12(11)17)15(18)10-2-4-13-14(8-10)20-6-5-19-13/h1-4,7-8H,5-6H2. The number of ether oxygens (including phenoxy) is 2. The van der Waals surface area contributed by atoms with E-state index >= 15 is 0 Å². The highest BCUT2D eigenvalue weighted by molar-refractivity contribution is 9.10. The minimum Gasteiger partial charge on any atom is -0.486 e. The van der Waals surface area contributed by atoms with Crippen molar-refractivity contribution in [2.75, 3.05) is 13.2 Å². The van der Waals surface area contributed by atoms with Crippen molar-refractivity contribution in [3.05, 3.63) is 57.8 Å². The molecule has 2 aromatic rings. The molecular weight excluding hydrogens is 327 g/mol. The zero-order chi connectivity index (χ0) is 14.1. The molecule has 0 saturated carbocycles. The number of hydrogen-bond donors (Lipinski definition) is 0. The molecule has 0 aromatic heterocycles. The van der Waals surface area contributed by atoms with Crippen molar-refractivity contribution in [2.24, 2.45) is 0 Å². The molecule has 1 aliphatic rings. The highest BCUT2D eigenvalue weighted by atomic mass is 79.9. The summed E-state index contributed by atoms with van der Waals surface area (Å²) in [5.74, 6) is 0.441. The monoisotopic (exact) mass is 336 g/mol. The van der Waals surface area contributed by atoms with Gasteiger partial charge in [0.25, 0.3) is 0 Å². The third-order valence-corrected chi connectivity index (χ3v) is 3.63. The third-order valence-electron chi connectivity index (χ3n) is 2.99. The van der Waals surface area contributed by atoms with Gasteiger partial charge in [-0.1, -0.05) is 0 Å². The van der Waals surface area contributed by atoms with Gasteiger partial charge < -0.3 is 9.47 Å². The van der Waals surface area contributed by atoms with Crippen LogP contribution in [0.5, 0.6) is 11.5 Å². The lowest BCUT2D eigenvalue weighted by atomic mass is 10.0. The molecule has 2 aromatic carbocycles. The van der Waals surface area contributed by atoms with Crippen LogP contribution in [-0.2, 0) is 0 Å². The fourth-order valence-electron chi connectivity index (χ4n) is 1.99. The highest BCUT2D eigenvalue weighted by Crippen LogP contribution is 2.31. The van der Waals surface area contributed by atoms with E-state index in [9.17, 15) is 9.18 Å². The summed E-state index contributed by atoms with van der Waals surface area (Å²) in [6, 6.07) is 9.26. The zero-order valence-corrected chi connectivity index (χ0v) is 11.9. The molecule has 0 unspecified atom stereocenters. The molecule has 102 valence electrons. The van der Waals surface area contributed by atoms with Crippen LogP contribution < -0.4 is 9.47 Å². The summed E-state index contributed by atoms with van der Waals surface area (Å²) in [6.07, 6.45) is 0. The Morgan fingerprint density at radius 1 is 1.00 bits per heavy atom. The summed E-state index contributed by atoms with van der Waals surface area (Å²) in [4.78, 5) is 12.3. The van der Waals surface area contributed by atoms with E-state index in [0.29, 0.717) is 40.3 Å². The predicted molar refractivity (Wildman–Crippen MR) is 75.0 cm³/mol. The van der Waals surface area contributed by atoms with Gasteiger partial charge in [-0.2, -0.15) is 0 Å². The first-order valence-corrected chi connectivity index (χ1v) is 6.84. The molecule has 0 saturated heterocycles. The maximum atomic E-state index is 13.5. The molecule has 5 heteroatoms. The van der Waals surface area contributed by atoms with Gasteiger partial charge >= 0.3 is 0 Å². The summed E-state index contributed by atoms with van der Waals surface area (Å²) in [6.45, 7) is 0.954. The summed E-state index contributed by atoms with van der Waals surface area (Å²) >= 11 is 3.06. The van der Waals surface area contributed by atoms with Gasteiger partial charge in [0.15, 0.2) is 17.3 Å². The summed E-state index contributed by atoms with van der Waals surface area (Å²) in [5, 5.41) is 0. The van der Waals surface area contributed by atoms with Gasteiger partial charge in [-0.25, -0.2) is 4.39 Å². The molecule has 0 bridgehead atoms. The fourth-order valence-corrected chi connectivity index (χ4v) is 2.24. The largest absolute Gasteiger partial charge is 0.486 e. The molecule has 0 N–H and O–H groups in total. The number of hydrogen-bond acceptors (Lipinski definition) is 3. The molecule has 3 rings (SSSR count). The number of halogens is 2. The second kappa shape index (κ2) is 5.25. The van der Waals surface area contributed by atoms with Crippen LogP contribution in [0.4, 0.5) is 4.39 Å². The second-order valence-corrected chi connectivity index (χ2v) is 5.17. The fraction of sp³-hybridized carbons (Fsp3) is 0.133. The maximum Gasteiger partial charge on any atom is 0.193 e. The lowest BCUT2D eigenvalue weighted by molar-refractivity contribution is 0.103. The number of benzene rings is 2. The van der Waals surface area contributed by atoms with Gasteiger partial charge in [0.1, 0.15) is 19.0 Å². The van der Waals surface area contributed by atoms with E-state index in [1.54, 1.807) is 24.3 Å². The Bertz CT molecular complexity index is 685. The third kappa shape index (κ3) is 2.41. The lowest BCUT2D eigenvalue weighted by Gasteiger charge is -2.18. The van der Waals surface area contributed by atoms with Crippen molar-refractivity contribution in [1.29, 1.82) is 0 Å². The lowest BCUT2D eigenvalue weighted by Crippen LogP contribution is -2.15. The average molecular weight is 337 g/mol. The minimum atomic E-state index is -0.464. The van der Waals surface area contributed by atoms with Gasteiger partial charge in [0, 0.05) is 11.1 Å². The van der Waals surface area contributed by atoms with Crippen LogP contribution in [0.15, 0.2) is 40.9 Å². The minimum absolute atomic E-state index is 0.256. The van der Waals surface area contributed by atoms with Gasteiger partial charge in [0.05, 0.1) is 4.47 Å². The van der Waals surface area contributed by atoms with Crippen molar-refractivity contribution < 1.29 is 18.7 Å². The van der Waals surface area contributed by atoms with Gasteiger partial charge in [-0.3, -0.25) is 4.79 Å². The van der Waals surface area contributed by atoms with Crippen molar-refractivity contribution >= 4 is 21.7 Å². The Labute approximate surface area is 123 Å². The van der Waals surface area contributed by atoms with Crippen molar-refractivity contribution in [2.45, 2.75) is 0 Å². The zero-order valence-electron chi connectivity index (χ0n) is 10.4. The first kappa shape index (κ1) is 13.1. The topological polar surface area (TPSA) is 35.5 Å². The van der Waals surface area contributed by atoms with E-state index in [1.807, 2.05) is 0 Å². The predicted octanol–water partition coefficient (Wildman–Crippen LogP) is 3.59. The number of fused-ring (bicyclic) bond motifs is 1. The Hall–Kier alpha value is -1.88. The Morgan fingerprint density at radius 2 is 1.65 bits per heavy atom. The highest BCUT2D eigenvalue weighted by Gasteiger charge is 2.16. The molecule has 0 amide bonds. The SMILES string of the molecule is O=C(c1ccc(Br)c(F)c1)c1ccc2c(c1)OCCO2. The molecule has 0 radical (unpaired) electrons. The van der Waals surface area contributed by atoms with Crippen molar-refractivity contribution in [3.8, 4) is 11.5 Å². The molecule has 1 heterocycles. The van der Waals surface area contributed by atoms with E-state index in [2.05, 4.69) is 15.9 Å². The van der Waals surface area contributed by atoms with Gasteiger partial charge in [-0.15, -0.1) is 0 Å². The number of ketones is 1. The molecule has 1 aliphatic heterocycles. The van der Waals surface area contributed by atoms with Crippen LogP contribution in [0.2, 0.25) is 0 Å². The van der Waals surface area contributed by atoms with E-state index in [4.69, 9.17) is 9.47 Å². The number of carbonyl (C=O) groups is 1. The Morgan fingerprint density at radius 3 is 2.40 bits per heavy atom. The van der Waals surface area contributed by atoms with Crippen LogP contribution in [0.25, 0.3) is 0 Å². The average Bonchev–Trinajstić information content (AvgIpc) is 2.49. The summed E-state index contributed by atoms with van der Waals surface area (Å²) < 4.78 is 24.6. The first-order chi connectivity index (χ1) is 9.65. The van der Waals surface area contributed by atoms with E-state index in [0.717, 1.165) is 0 Å². The van der Waals surface area contributed by atoms with Crippen LogP contribution >= 0.6 is 15.9 Å². The van der Waals surface area contributed by atoms with Crippen LogP contribution in [0.1, 0.15) is 15.9 Å². The summed E-state index contributed by atoms with van der Waals surface area (Å²) in [5.41, 5.74) is 0.735. The smallest absolute Gasteiger partial charge is 0.193 e. The molecule has 0 fully saturated rings. The molecular formula is C15H10BrFO3. The maximum absolute atomic E-state index is 13.5. The van der Waals surface area contributed by atoms with Crippen molar-refractivity contribution in [3.63, 3.8) is 0 Å². The van der Waals surface area contributed by atoms with E-state index in [1.165, 1.54) is 12.1 Å². The molecule has 0 aliphatic carbocycles. The number of carbonyl (C=O) groups excluding carboxylic acids is 1. The van der Waals surface area contributed by atoms with Crippen LogP contribution in [-0.4, -0.2) is 19.0 Å². The Kier molecular flexibility index (Phi) is 3.44. The Balaban J connectivity index is 1.95. The van der Waals surface area contributed by atoms with E-state index < -0.39 is 5.82 Å². The molecule has 0 atom stereocenters. The molecule has 20 heavy (non-hydrogen) atoms. The number of rotatable bonds is 2. The second-order valence-electron chi connectivity index (χ2n) is 4.32. The normalized spacial score (nSPS) is 13.1. The molecule has 0 spiro atoms. The van der Waals surface area contributed by atoms with Crippen LogP contribution in [0.3, 0.4) is 0 Å². The summed E-state index contributed by atoms with van der Waals surface area (Å²) in [7, 11) is 0. The van der Waals surface area contributed by atoms with Gasteiger partial charge in [-0.05, 0) is 52.3 Å². The van der Waals surface area contributed by atoms with Gasteiger partial charge in [0.2, 0.25) is 0 Å². The first-order valence-electron chi connectivity index (χ1n) is 6.04. The molecule has 3 nitrogen and oxygen atoms in total. The quantitative estimate of drug-likeness (QED) is 0.786.